The van der Waals surface area contributed by atoms with Crippen LogP contribution in [-0.2, 0) is 4.79 Å². The van der Waals surface area contributed by atoms with Crippen molar-refractivity contribution in [1.82, 2.24) is 0 Å². The Hall–Kier alpha value is -1.58. The lowest BCUT2D eigenvalue weighted by Gasteiger charge is -2.24. The Kier molecular flexibility index (Phi) is 10.3. The van der Waals surface area contributed by atoms with E-state index in [1.807, 2.05) is 12.1 Å². The van der Waals surface area contributed by atoms with E-state index in [0.717, 1.165) is 6.08 Å². The third-order valence-electron chi connectivity index (χ3n) is 2.42. The Bertz CT molecular complexity index is 376. The van der Waals surface area contributed by atoms with Crippen molar-refractivity contribution in [2.45, 2.75) is 30.8 Å². The summed E-state index contributed by atoms with van der Waals surface area (Å²) in [7, 11) is 0. The molecule has 0 spiro atoms. The van der Waals surface area contributed by atoms with Crippen LogP contribution in [0, 0.1) is 0 Å². The molecule has 0 saturated heterocycles. The van der Waals surface area contributed by atoms with Gasteiger partial charge in [0.05, 0.1) is 25.5 Å². The van der Waals surface area contributed by atoms with Gasteiger partial charge in [-0.1, -0.05) is 0 Å². The highest BCUT2D eigenvalue weighted by atomic mass is 19.1. The predicted octanol–water partition coefficient (Wildman–Crippen LogP) is -0.856. The van der Waals surface area contributed by atoms with Crippen molar-refractivity contribution < 1.29 is 39.1 Å². The second-order valence-electron chi connectivity index (χ2n) is 4.00. The number of hydrogen-bond acceptors (Lipinski definition) is 7. The highest BCUT2D eigenvalue weighted by Crippen LogP contribution is 2.07. The molecule has 0 radical (unpaired) electrons. The van der Waals surface area contributed by atoms with Gasteiger partial charge in [0.25, 0.3) is 0 Å². The van der Waals surface area contributed by atoms with E-state index in [9.17, 15) is 19.4 Å². The molecule has 4 atom stereocenters. The molecule has 1 heterocycles. The maximum atomic E-state index is 11.6. The molecule has 1 aromatic heterocycles. The lowest BCUT2D eigenvalue weighted by molar-refractivity contribution is -0.146. The first kappa shape index (κ1) is 19.4. The molecular weight excluding hydrogens is 287 g/mol. The van der Waals surface area contributed by atoms with E-state index in [2.05, 4.69) is 4.42 Å². The summed E-state index contributed by atoms with van der Waals surface area (Å²) in [4.78, 5) is 11.1. The van der Waals surface area contributed by atoms with Crippen molar-refractivity contribution in [3.8, 4) is 0 Å². The molecule has 0 bridgehead atoms. The molecule has 1 aromatic rings. The molecule has 21 heavy (non-hydrogen) atoms. The summed E-state index contributed by atoms with van der Waals surface area (Å²) in [6.07, 6.45) is -3.69. The summed E-state index contributed by atoms with van der Waals surface area (Å²) in [5.74, 6) is -0.911. The molecule has 4 unspecified atom stereocenters. The van der Waals surface area contributed by atoms with Crippen LogP contribution in [0.3, 0.4) is 0 Å². The van der Waals surface area contributed by atoms with E-state index < -0.39 is 43.2 Å². The van der Waals surface area contributed by atoms with Crippen LogP contribution in [0.4, 0.5) is 4.39 Å². The number of carbonyl (C=O) groups excluding carboxylic acids is 1. The first-order valence-corrected chi connectivity index (χ1v) is 6.03. The van der Waals surface area contributed by atoms with E-state index in [1.165, 1.54) is 0 Å². The number of halogens is 1. The average Bonchev–Trinajstić information content (AvgIpc) is 3.09. The minimum absolute atomic E-state index is 0.107. The first-order chi connectivity index (χ1) is 9.95. The zero-order valence-electron chi connectivity index (χ0n) is 11.1. The Labute approximate surface area is 120 Å². The van der Waals surface area contributed by atoms with Crippen LogP contribution in [0.1, 0.15) is 6.42 Å². The quantitative estimate of drug-likeness (QED) is 0.443. The van der Waals surface area contributed by atoms with Gasteiger partial charge in [-0.3, -0.25) is 4.79 Å². The monoisotopic (exact) mass is 306 g/mol. The summed E-state index contributed by atoms with van der Waals surface area (Å²) < 4.78 is 16.1. The number of hydrogen-bond donors (Lipinski definition) is 5. The zero-order chi connectivity index (χ0) is 16.3. The average molecular weight is 306 g/mol. The number of carbonyl (C=O) groups is 1. The predicted molar refractivity (Wildman–Crippen MR) is 69.7 cm³/mol. The van der Waals surface area contributed by atoms with Crippen LogP contribution in [0.15, 0.2) is 41.5 Å². The van der Waals surface area contributed by atoms with Gasteiger partial charge in [-0.05, 0) is 18.2 Å². The number of rotatable bonds is 7. The van der Waals surface area contributed by atoms with Crippen LogP contribution < -0.4 is 0 Å². The molecular formula is C13H19FO7. The normalized spacial score (nSPS) is 16.7. The third kappa shape index (κ3) is 7.69. The van der Waals surface area contributed by atoms with Gasteiger partial charge in [-0.25, -0.2) is 4.39 Å². The molecule has 5 N–H and O–H groups in total. The molecule has 0 fully saturated rings. The van der Waals surface area contributed by atoms with Crippen molar-refractivity contribution in [2.75, 3.05) is 6.61 Å². The summed E-state index contributed by atoms with van der Waals surface area (Å²) in [6.45, 7) is -0.830. The standard InChI is InChI=1S/C9H15FO6.C4H4O/c10-3-1-2-5(12)7(14)9(16)8(15)6(13)4-11;1-2-4-5-3-1/h1,3,6-9,11,13-16H,2,4H2;1-4H. The Morgan fingerprint density at radius 1 is 1.14 bits per heavy atom. The number of ketones is 1. The van der Waals surface area contributed by atoms with Gasteiger partial charge in [-0.15, -0.1) is 0 Å². The summed E-state index contributed by atoms with van der Waals surface area (Å²) in [5, 5.41) is 45.0. The van der Waals surface area contributed by atoms with E-state index in [-0.39, 0.29) is 6.33 Å². The van der Waals surface area contributed by atoms with Crippen molar-refractivity contribution in [3.05, 3.63) is 37.1 Å². The highest BCUT2D eigenvalue weighted by Gasteiger charge is 2.33. The van der Waals surface area contributed by atoms with Crippen molar-refractivity contribution >= 4 is 5.78 Å². The van der Waals surface area contributed by atoms with Crippen molar-refractivity contribution in [3.63, 3.8) is 0 Å². The van der Waals surface area contributed by atoms with E-state index in [0.29, 0.717) is 0 Å². The van der Waals surface area contributed by atoms with Gasteiger partial charge >= 0.3 is 0 Å². The number of Topliss-reactive ketones (excluding diaryl/α,β-unsaturated/α-hetero) is 1. The smallest absolute Gasteiger partial charge is 0.167 e. The number of furan rings is 1. The number of aliphatic hydroxyl groups excluding tert-OH is 5. The fourth-order valence-corrected chi connectivity index (χ4v) is 1.22. The molecule has 0 aliphatic rings. The van der Waals surface area contributed by atoms with Gasteiger partial charge in [0.15, 0.2) is 5.78 Å². The van der Waals surface area contributed by atoms with Gasteiger partial charge in [0.1, 0.15) is 24.4 Å². The van der Waals surface area contributed by atoms with Crippen LogP contribution in [0.2, 0.25) is 0 Å². The van der Waals surface area contributed by atoms with Gasteiger partial charge in [0.2, 0.25) is 0 Å². The fourth-order valence-electron chi connectivity index (χ4n) is 1.22. The Morgan fingerprint density at radius 2 is 1.71 bits per heavy atom. The maximum absolute atomic E-state index is 11.6. The molecule has 0 aliphatic heterocycles. The lowest BCUT2D eigenvalue weighted by Crippen LogP contribution is -2.48. The highest BCUT2D eigenvalue weighted by molar-refractivity contribution is 5.84. The second-order valence-corrected chi connectivity index (χ2v) is 4.00. The molecule has 0 aliphatic carbocycles. The molecule has 0 amide bonds. The molecule has 0 aromatic carbocycles. The van der Waals surface area contributed by atoms with Gasteiger partial charge in [0, 0.05) is 6.42 Å². The van der Waals surface area contributed by atoms with E-state index >= 15 is 0 Å². The Morgan fingerprint density at radius 3 is 2.10 bits per heavy atom. The van der Waals surface area contributed by atoms with Crippen molar-refractivity contribution in [2.24, 2.45) is 0 Å². The topological polar surface area (TPSA) is 131 Å². The SMILES string of the molecule is O=C(CC=CF)C(O)C(O)C(O)C(O)CO.c1ccoc1. The molecule has 0 saturated carbocycles. The first-order valence-electron chi connectivity index (χ1n) is 6.03. The second kappa shape index (κ2) is 11.1. The van der Waals surface area contributed by atoms with Crippen LogP contribution >= 0.6 is 0 Å². The van der Waals surface area contributed by atoms with Gasteiger partial charge < -0.3 is 29.9 Å². The summed E-state index contributed by atoms with van der Waals surface area (Å²) in [6, 6.07) is 3.67. The minimum Gasteiger partial charge on any atom is -0.473 e. The van der Waals surface area contributed by atoms with Gasteiger partial charge in [-0.2, -0.15) is 0 Å². The molecule has 8 heteroatoms. The van der Waals surface area contributed by atoms with E-state index in [1.54, 1.807) is 12.5 Å². The van der Waals surface area contributed by atoms with Crippen LogP contribution in [0.5, 0.6) is 0 Å². The fraction of sp³-hybridized carbons (Fsp3) is 0.462. The van der Waals surface area contributed by atoms with Crippen LogP contribution in [0.25, 0.3) is 0 Å². The lowest BCUT2D eigenvalue weighted by atomic mass is 9.99. The number of allylic oxidation sites excluding steroid dienone is 1. The van der Waals surface area contributed by atoms with E-state index in [4.69, 9.17) is 15.3 Å². The zero-order valence-corrected chi connectivity index (χ0v) is 11.1. The van der Waals surface area contributed by atoms with Crippen LogP contribution in [-0.4, -0.2) is 62.3 Å². The molecule has 1 rings (SSSR count). The maximum Gasteiger partial charge on any atom is 0.167 e. The van der Waals surface area contributed by atoms with Crippen molar-refractivity contribution in [1.29, 1.82) is 0 Å². The molecule has 120 valence electrons. The molecule has 7 nitrogen and oxygen atoms in total. The summed E-state index contributed by atoms with van der Waals surface area (Å²) >= 11 is 0. The number of aliphatic hydroxyl groups is 5. The summed E-state index contributed by atoms with van der Waals surface area (Å²) in [5.41, 5.74) is 0. The largest absolute Gasteiger partial charge is 0.473 e. The Balaban J connectivity index is 0.000000662. The minimum atomic E-state index is -1.95. The third-order valence-corrected chi connectivity index (χ3v) is 2.42.